The molecule has 3 heterocycles. The number of amides is 1. The van der Waals surface area contributed by atoms with Gasteiger partial charge in [-0.3, -0.25) is 4.79 Å². The van der Waals surface area contributed by atoms with Crippen LogP contribution in [0.4, 0.5) is 0 Å². The molecule has 0 fully saturated rings. The Bertz CT molecular complexity index is 666. The predicted octanol–water partition coefficient (Wildman–Crippen LogP) is 2.07. The van der Waals surface area contributed by atoms with Gasteiger partial charge in [0.25, 0.3) is 5.91 Å². The van der Waals surface area contributed by atoms with E-state index in [9.17, 15) is 4.79 Å². The monoisotopic (exact) mass is 258 g/mol. The average Bonchev–Trinajstić information content (AvgIpc) is 2.68. The van der Waals surface area contributed by atoms with Crippen LogP contribution in [0.3, 0.4) is 0 Å². The van der Waals surface area contributed by atoms with E-state index in [1.165, 1.54) is 0 Å². The summed E-state index contributed by atoms with van der Waals surface area (Å²) < 4.78 is 2.07. The Morgan fingerprint density at radius 3 is 2.84 bits per heavy atom. The molecule has 0 radical (unpaired) electrons. The van der Waals surface area contributed by atoms with Crippen molar-refractivity contribution in [1.82, 2.24) is 19.9 Å². The molecule has 1 aliphatic rings. The molecule has 19 heavy (non-hydrogen) atoms. The molecule has 0 aromatic carbocycles. The minimum absolute atomic E-state index is 0.0313. The topological polar surface area (TPSA) is 59.8 Å². The molecule has 0 spiro atoms. The standard InChI is InChI=1S/C14H18N4O/c1-8-15-6-9-5-10-13(19)16-7-11(14(2,3)4)18(10)12(9)17-8/h5-6,11H,7H2,1-4H3,(H,16,19). The summed E-state index contributed by atoms with van der Waals surface area (Å²) in [4.78, 5) is 20.8. The third-order valence-electron chi connectivity index (χ3n) is 3.70. The van der Waals surface area contributed by atoms with Gasteiger partial charge in [-0.1, -0.05) is 20.8 Å². The van der Waals surface area contributed by atoms with E-state index in [2.05, 4.69) is 40.6 Å². The first-order valence-corrected chi connectivity index (χ1v) is 6.51. The molecule has 1 N–H and O–H groups in total. The van der Waals surface area contributed by atoms with Gasteiger partial charge in [0, 0.05) is 18.1 Å². The van der Waals surface area contributed by atoms with Crippen LogP contribution in [0.1, 0.15) is 43.1 Å². The summed E-state index contributed by atoms with van der Waals surface area (Å²) in [7, 11) is 0. The van der Waals surface area contributed by atoms with Crippen molar-refractivity contribution < 1.29 is 4.79 Å². The van der Waals surface area contributed by atoms with Crippen molar-refractivity contribution >= 4 is 16.9 Å². The lowest BCUT2D eigenvalue weighted by molar-refractivity contribution is 0.0884. The van der Waals surface area contributed by atoms with Crippen molar-refractivity contribution in [3.8, 4) is 0 Å². The summed E-state index contributed by atoms with van der Waals surface area (Å²) in [6.07, 6.45) is 1.79. The molecule has 1 aliphatic heterocycles. The lowest BCUT2D eigenvalue weighted by atomic mass is 9.85. The highest BCUT2D eigenvalue weighted by molar-refractivity contribution is 5.98. The molecule has 100 valence electrons. The largest absolute Gasteiger partial charge is 0.349 e. The summed E-state index contributed by atoms with van der Waals surface area (Å²) >= 11 is 0. The number of carbonyl (C=O) groups excluding carboxylic acids is 1. The first-order valence-electron chi connectivity index (χ1n) is 6.51. The minimum atomic E-state index is -0.0313. The second-order valence-corrected chi connectivity index (χ2v) is 6.19. The smallest absolute Gasteiger partial charge is 0.268 e. The van der Waals surface area contributed by atoms with E-state index in [0.717, 1.165) is 16.9 Å². The zero-order chi connectivity index (χ0) is 13.8. The summed E-state index contributed by atoms with van der Waals surface area (Å²) in [5.41, 5.74) is 1.59. The molecule has 2 aromatic rings. The number of aromatic nitrogens is 3. The number of aryl methyl sites for hydroxylation is 1. The molecule has 5 nitrogen and oxygen atoms in total. The SMILES string of the molecule is Cc1ncc2cc3n(c2n1)C(C(C)(C)C)CNC3=O. The Balaban J connectivity index is 2.32. The van der Waals surface area contributed by atoms with Gasteiger partial charge in [0.05, 0.1) is 6.04 Å². The lowest BCUT2D eigenvalue weighted by Crippen LogP contribution is -2.43. The van der Waals surface area contributed by atoms with Gasteiger partial charge < -0.3 is 9.88 Å². The highest BCUT2D eigenvalue weighted by Gasteiger charge is 2.35. The third kappa shape index (κ3) is 1.80. The second-order valence-electron chi connectivity index (χ2n) is 6.19. The van der Waals surface area contributed by atoms with E-state index in [4.69, 9.17) is 0 Å². The third-order valence-corrected chi connectivity index (χ3v) is 3.70. The fourth-order valence-electron chi connectivity index (χ4n) is 2.65. The highest BCUT2D eigenvalue weighted by atomic mass is 16.2. The van der Waals surface area contributed by atoms with E-state index >= 15 is 0 Å². The van der Waals surface area contributed by atoms with E-state index in [-0.39, 0.29) is 17.4 Å². The summed E-state index contributed by atoms with van der Waals surface area (Å²) in [6.45, 7) is 9.05. The average molecular weight is 258 g/mol. The van der Waals surface area contributed by atoms with Crippen molar-refractivity contribution in [3.63, 3.8) is 0 Å². The van der Waals surface area contributed by atoms with Gasteiger partial charge in [-0.2, -0.15) is 0 Å². The van der Waals surface area contributed by atoms with Crippen molar-refractivity contribution in [3.05, 3.63) is 23.8 Å². The number of hydrogen-bond donors (Lipinski definition) is 1. The maximum atomic E-state index is 12.0. The van der Waals surface area contributed by atoms with Crippen LogP contribution < -0.4 is 5.32 Å². The van der Waals surface area contributed by atoms with Gasteiger partial charge in [-0.05, 0) is 18.4 Å². The molecule has 5 heteroatoms. The van der Waals surface area contributed by atoms with Gasteiger partial charge in [-0.15, -0.1) is 0 Å². The molecule has 0 saturated carbocycles. The molecule has 0 aliphatic carbocycles. The van der Waals surface area contributed by atoms with Gasteiger partial charge in [-0.25, -0.2) is 9.97 Å². The summed E-state index contributed by atoms with van der Waals surface area (Å²) in [6, 6.07) is 2.08. The van der Waals surface area contributed by atoms with Crippen molar-refractivity contribution in [2.75, 3.05) is 6.54 Å². The quantitative estimate of drug-likeness (QED) is 0.787. The van der Waals surface area contributed by atoms with E-state index in [1.807, 2.05) is 13.0 Å². The predicted molar refractivity (Wildman–Crippen MR) is 73.1 cm³/mol. The number of nitrogens with zero attached hydrogens (tertiary/aromatic N) is 3. The highest BCUT2D eigenvalue weighted by Crippen LogP contribution is 2.36. The zero-order valence-electron chi connectivity index (χ0n) is 11.7. The van der Waals surface area contributed by atoms with Gasteiger partial charge in [0.15, 0.2) is 0 Å². The fourth-order valence-corrected chi connectivity index (χ4v) is 2.65. The van der Waals surface area contributed by atoms with Gasteiger partial charge >= 0.3 is 0 Å². The number of rotatable bonds is 0. The van der Waals surface area contributed by atoms with Crippen LogP contribution in [-0.4, -0.2) is 27.0 Å². The summed E-state index contributed by atoms with van der Waals surface area (Å²) in [5, 5.41) is 3.89. The van der Waals surface area contributed by atoms with Crippen LogP contribution in [0, 0.1) is 12.3 Å². The lowest BCUT2D eigenvalue weighted by Gasteiger charge is -2.36. The van der Waals surface area contributed by atoms with Crippen LogP contribution in [0.2, 0.25) is 0 Å². The first kappa shape index (κ1) is 12.1. The van der Waals surface area contributed by atoms with Crippen LogP contribution in [0.15, 0.2) is 12.3 Å². The zero-order valence-corrected chi connectivity index (χ0v) is 11.7. The van der Waals surface area contributed by atoms with Gasteiger partial charge in [0.1, 0.15) is 17.2 Å². The van der Waals surface area contributed by atoms with Crippen LogP contribution in [0.5, 0.6) is 0 Å². The van der Waals surface area contributed by atoms with Crippen molar-refractivity contribution in [2.45, 2.75) is 33.7 Å². The Morgan fingerprint density at radius 2 is 2.16 bits per heavy atom. The van der Waals surface area contributed by atoms with Crippen LogP contribution in [0.25, 0.3) is 11.0 Å². The second kappa shape index (κ2) is 3.79. The van der Waals surface area contributed by atoms with Crippen LogP contribution >= 0.6 is 0 Å². The molecule has 0 saturated heterocycles. The maximum absolute atomic E-state index is 12.0. The molecular formula is C14H18N4O. The summed E-state index contributed by atoms with van der Waals surface area (Å²) in [5.74, 6) is 0.697. The molecule has 0 bridgehead atoms. The van der Waals surface area contributed by atoms with Gasteiger partial charge in [0.2, 0.25) is 0 Å². The number of fused-ring (bicyclic) bond motifs is 3. The number of hydrogen-bond acceptors (Lipinski definition) is 3. The van der Waals surface area contributed by atoms with E-state index in [1.54, 1.807) is 6.20 Å². The normalized spacial score (nSPS) is 19.4. The Morgan fingerprint density at radius 1 is 1.42 bits per heavy atom. The first-order chi connectivity index (χ1) is 8.88. The Kier molecular flexibility index (Phi) is 2.42. The maximum Gasteiger partial charge on any atom is 0.268 e. The number of carbonyl (C=O) groups is 1. The fraction of sp³-hybridized carbons (Fsp3) is 0.500. The molecule has 3 rings (SSSR count). The molecule has 1 unspecified atom stereocenters. The minimum Gasteiger partial charge on any atom is -0.349 e. The van der Waals surface area contributed by atoms with E-state index in [0.29, 0.717) is 12.2 Å². The van der Waals surface area contributed by atoms with Crippen LogP contribution in [-0.2, 0) is 0 Å². The van der Waals surface area contributed by atoms with E-state index < -0.39 is 0 Å². The van der Waals surface area contributed by atoms with Crippen molar-refractivity contribution in [2.24, 2.45) is 5.41 Å². The molecule has 2 aromatic heterocycles. The molecule has 1 atom stereocenters. The Labute approximate surface area is 112 Å². The molecular weight excluding hydrogens is 240 g/mol. The number of nitrogens with one attached hydrogen (secondary N) is 1. The Hall–Kier alpha value is -1.91. The molecule has 1 amide bonds. The van der Waals surface area contributed by atoms with Crippen molar-refractivity contribution in [1.29, 1.82) is 0 Å².